The molecule has 10 heteroatoms. The van der Waals surface area contributed by atoms with Crippen molar-refractivity contribution >= 4 is 28.7 Å². The summed E-state index contributed by atoms with van der Waals surface area (Å²) in [4.78, 5) is 25.8. The largest absolute Gasteiger partial charge is 0.477 e. The molecule has 0 aromatic carbocycles. The summed E-state index contributed by atoms with van der Waals surface area (Å²) < 4.78 is 3.49. The number of aromatic nitrogens is 4. The van der Waals surface area contributed by atoms with Crippen LogP contribution in [0.2, 0.25) is 0 Å². The Morgan fingerprint density at radius 2 is 2.21 bits per heavy atom. The molecule has 0 atom stereocenters. The van der Waals surface area contributed by atoms with Crippen LogP contribution in [-0.4, -0.2) is 36.9 Å². The molecule has 2 heterocycles. The zero-order valence-corrected chi connectivity index (χ0v) is 10.2. The number of carboxylic acids is 1. The minimum absolute atomic E-state index is 0.0480. The highest BCUT2D eigenvalue weighted by Crippen LogP contribution is 2.04. The molecule has 0 bridgehead atoms. The predicted octanol–water partition coefficient (Wildman–Crippen LogP) is 0.348. The maximum absolute atomic E-state index is 11.4. The van der Waals surface area contributed by atoms with Crippen molar-refractivity contribution in [1.82, 2.24) is 25.1 Å². The van der Waals surface area contributed by atoms with Crippen molar-refractivity contribution in [3.05, 3.63) is 29.6 Å². The smallest absolute Gasteiger partial charge is 0.354 e. The average molecular weight is 280 g/mol. The molecule has 2 aromatic rings. The van der Waals surface area contributed by atoms with Gasteiger partial charge in [-0.2, -0.15) is 0 Å². The summed E-state index contributed by atoms with van der Waals surface area (Å²) in [6, 6.07) is 2.48. The molecule has 19 heavy (non-hydrogen) atoms. The van der Waals surface area contributed by atoms with Gasteiger partial charge in [0, 0.05) is 24.3 Å². The van der Waals surface area contributed by atoms with Crippen molar-refractivity contribution < 1.29 is 14.7 Å². The number of urea groups is 1. The van der Waals surface area contributed by atoms with Crippen molar-refractivity contribution in [3.63, 3.8) is 0 Å². The third-order valence-corrected chi connectivity index (χ3v) is 2.53. The highest BCUT2D eigenvalue weighted by atomic mass is 32.1. The second-order valence-corrected chi connectivity index (χ2v) is 4.06. The first-order valence-corrected chi connectivity index (χ1v) is 5.80. The van der Waals surface area contributed by atoms with Crippen LogP contribution in [0.15, 0.2) is 18.3 Å². The molecule has 0 unspecified atom stereocenters. The minimum Gasteiger partial charge on any atom is -0.477 e. The Bertz CT molecular complexity index is 570. The van der Waals surface area contributed by atoms with E-state index in [1.165, 1.54) is 12.3 Å². The highest BCUT2D eigenvalue weighted by Gasteiger charge is 2.06. The van der Waals surface area contributed by atoms with Gasteiger partial charge in [0.2, 0.25) is 5.13 Å². The lowest BCUT2D eigenvalue weighted by Crippen LogP contribution is -2.28. The van der Waals surface area contributed by atoms with E-state index in [1.807, 2.05) is 0 Å². The van der Waals surface area contributed by atoms with Crippen molar-refractivity contribution in [2.75, 3.05) is 5.32 Å². The van der Waals surface area contributed by atoms with Crippen LogP contribution < -0.4 is 10.6 Å². The quantitative estimate of drug-likeness (QED) is 0.736. The van der Waals surface area contributed by atoms with Crippen LogP contribution in [0.1, 0.15) is 16.1 Å². The molecule has 0 saturated heterocycles. The molecular formula is C9H8N6O3S. The Morgan fingerprint density at radius 1 is 1.37 bits per heavy atom. The van der Waals surface area contributed by atoms with E-state index in [0.717, 1.165) is 11.5 Å². The van der Waals surface area contributed by atoms with Crippen molar-refractivity contribution in [2.45, 2.75) is 6.54 Å². The summed E-state index contributed by atoms with van der Waals surface area (Å²) in [7, 11) is 0. The molecule has 0 aliphatic carbocycles. The average Bonchev–Trinajstić information content (AvgIpc) is 2.89. The standard InChI is InChI=1S/C9H8N6O3S/c16-7(17)6-2-1-5(3-10-6)4-11-8(18)12-9-13-14-15-19-9/h1-3H,4H2,(H,16,17)(H2,11,12,13,15,18). The normalized spacial score (nSPS) is 9.89. The molecule has 0 aliphatic rings. The van der Waals surface area contributed by atoms with Crippen LogP contribution in [0.5, 0.6) is 0 Å². The Labute approximate surface area is 110 Å². The number of carbonyl (C=O) groups excluding carboxylic acids is 1. The van der Waals surface area contributed by atoms with E-state index in [-0.39, 0.29) is 17.4 Å². The summed E-state index contributed by atoms with van der Waals surface area (Å²) in [5.41, 5.74) is 0.628. The summed E-state index contributed by atoms with van der Waals surface area (Å²) in [5, 5.41) is 20.8. The molecule has 0 saturated carbocycles. The van der Waals surface area contributed by atoms with Crippen LogP contribution >= 0.6 is 11.5 Å². The second-order valence-electron chi connectivity index (χ2n) is 3.33. The predicted molar refractivity (Wildman–Crippen MR) is 64.8 cm³/mol. The molecule has 9 nitrogen and oxygen atoms in total. The van der Waals surface area contributed by atoms with Crippen LogP contribution in [0.4, 0.5) is 9.93 Å². The minimum atomic E-state index is -1.10. The van der Waals surface area contributed by atoms with Crippen LogP contribution in [0.3, 0.4) is 0 Å². The van der Waals surface area contributed by atoms with Gasteiger partial charge in [-0.1, -0.05) is 15.7 Å². The van der Waals surface area contributed by atoms with E-state index < -0.39 is 12.0 Å². The third kappa shape index (κ3) is 3.67. The van der Waals surface area contributed by atoms with Gasteiger partial charge in [-0.3, -0.25) is 5.32 Å². The molecule has 2 aromatic heterocycles. The number of pyridine rings is 1. The Morgan fingerprint density at radius 3 is 2.79 bits per heavy atom. The number of aromatic carboxylic acids is 1. The number of carbonyl (C=O) groups is 2. The monoisotopic (exact) mass is 280 g/mol. The van der Waals surface area contributed by atoms with Gasteiger partial charge in [-0.05, 0) is 16.8 Å². The topological polar surface area (TPSA) is 130 Å². The number of rotatable bonds is 4. The molecule has 3 N–H and O–H groups in total. The molecule has 0 radical (unpaired) electrons. The number of nitrogens with zero attached hydrogens (tertiary/aromatic N) is 4. The van der Waals surface area contributed by atoms with Gasteiger partial charge < -0.3 is 10.4 Å². The highest BCUT2D eigenvalue weighted by molar-refractivity contribution is 7.09. The van der Waals surface area contributed by atoms with Crippen molar-refractivity contribution in [1.29, 1.82) is 0 Å². The molecule has 2 amide bonds. The second kappa shape index (κ2) is 5.82. The lowest BCUT2D eigenvalue weighted by atomic mass is 10.2. The maximum Gasteiger partial charge on any atom is 0.354 e. The lowest BCUT2D eigenvalue weighted by molar-refractivity contribution is 0.0690. The fourth-order valence-electron chi connectivity index (χ4n) is 1.16. The molecule has 98 valence electrons. The fraction of sp³-hybridized carbons (Fsp3) is 0.111. The SMILES string of the molecule is O=C(NCc1ccc(C(=O)O)nc1)Nc1nnns1. The van der Waals surface area contributed by atoms with Gasteiger partial charge in [0.15, 0.2) is 0 Å². The zero-order chi connectivity index (χ0) is 13.7. The van der Waals surface area contributed by atoms with E-state index >= 15 is 0 Å². The van der Waals surface area contributed by atoms with E-state index in [4.69, 9.17) is 5.11 Å². The van der Waals surface area contributed by atoms with Crippen molar-refractivity contribution in [2.24, 2.45) is 0 Å². The molecular weight excluding hydrogens is 272 g/mol. The van der Waals surface area contributed by atoms with Crippen LogP contribution in [0.25, 0.3) is 0 Å². The molecule has 0 aliphatic heterocycles. The van der Waals surface area contributed by atoms with Crippen LogP contribution in [-0.2, 0) is 6.54 Å². The lowest BCUT2D eigenvalue weighted by Gasteiger charge is -2.04. The fourth-order valence-corrected chi connectivity index (χ4v) is 1.52. The number of hydrogen-bond acceptors (Lipinski definition) is 7. The number of nitrogens with one attached hydrogen (secondary N) is 2. The van der Waals surface area contributed by atoms with E-state index in [1.54, 1.807) is 6.07 Å². The first-order chi connectivity index (χ1) is 9.15. The molecule has 0 fully saturated rings. The number of amides is 2. The van der Waals surface area contributed by atoms with Gasteiger partial charge >= 0.3 is 12.0 Å². The van der Waals surface area contributed by atoms with E-state index in [0.29, 0.717) is 5.56 Å². The summed E-state index contributed by atoms with van der Waals surface area (Å²) in [5.74, 6) is -1.10. The van der Waals surface area contributed by atoms with E-state index in [2.05, 4.69) is 30.4 Å². The first kappa shape index (κ1) is 12.8. The maximum atomic E-state index is 11.4. The van der Waals surface area contributed by atoms with E-state index in [9.17, 15) is 9.59 Å². The summed E-state index contributed by atoms with van der Waals surface area (Å²) >= 11 is 0.956. The summed E-state index contributed by atoms with van der Waals surface area (Å²) in [6.07, 6.45) is 1.39. The summed E-state index contributed by atoms with van der Waals surface area (Å²) in [6.45, 7) is 0.213. The van der Waals surface area contributed by atoms with Crippen molar-refractivity contribution in [3.8, 4) is 0 Å². The first-order valence-electron chi connectivity index (χ1n) is 5.03. The number of carboxylic acid groups (broad SMARTS) is 1. The van der Waals surface area contributed by atoms with Crippen LogP contribution in [0, 0.1) is 0 Å². The van der Waals surface area contributed by atoms with Gasteiger partial charge in [0.25, 0.3) is 0 Å². The molecule has 2 rings (SSSR count). The third-order valence-electron chi connectivity index (χ3n) is 2.02. The Kier molecular flexibility index (Phi) is 3.93. The Hall–Kier alpha value is -2.62. The molecule has 0 spiro atoms. The number of anilines is 1. The number of hydrogen-bond donors (Lipinski definition) is 3. The van der Waals surface area contributed by atoms with Gasteiger partial charge in [-0.25, -0.2) is 14.6 Å². The van der Waals surface area contributed by atoms with Gasteiger partial charge in [-0.15, -0.1) is 0 Å². The Balaban J connectivity index is 1.84. The zero-order valence-electron chi connectivity index (χ0n) is 9.40. The van der Waals surface area contributed by atoms with Gasteiger partial charge in [0.05, 0.1) is 0 Å². The van der Waals surface area contributed by atoms with Gasteiger partial charge in [0.1, 0.15) is 5.69 Å².